The smallest absolute Gasteiger partial charge is 0.247 e. The first kappa shape index (κ1) is 30.4. The van der Waals surface area contributed by atoms with Crippen molar-refractivity contribution < 1.29 is 9.59 Å². The van der Waals surface area contributed by atoms with Gasteiger partial charge in [0.15, 0.2) is 0 Å². The van der Waals surface area contributed by atoms with Crippen LogP contribution < -0.4 is 5.32 Å². The van der Waals surface area contributed by atoms with Crippen LogP contribution >= 0.6 is 23.2 Å². The monoisotopic (exact) mass is 600 g/mol. The van der Waals surface area contributed by atoms with Gasteiger partial charge in [-0.05, 0) is 80.7 Å². The lowest BCUT2D eigenvalue weighted by Gasteiger charge is -2.45. The SMILES string of the molecule is CCCCC(=O)N1CCC(CCCN2CCC3(CC2)C(=O)NCN3C2=CC=CC(C)(C)C2)(c2ccc(Cl)c(Cl)c2)C1. The molecule has 1 aromatic carbocycles. The van der Waals surface area contributed by atoms with E-state index < -0.39 is 5.54 Å². The second kappa shape index (κ2) is 12.3. The van der Waals surface area contributed by atoms with Crippen molar-refractivity contribution in [3.8, 4) is 0 Å². The number of unbranched alkanes of at least 4 members (excludes halogenated alkanes) is 1. The van der Waals surface area contributed by atoms with Crippen molar-refractivity contribution in [3.63, 3.8) is 0 Å². The number of amides is 2. The predicted octanol–water partition coefficient (Wildman–Crippen LogP) is 6.53. The predicted molar refractivity (Wildman–Crippen MR) is 167 cm³/mol. The number of rotatable bonds is 9. The van der Waals surface area contributed by atoms with Crippen LogP contribution in [-0.4, -0.2) is 71.4 Å². The molecule has 1 aliphatic carbocycles. The molecule has 0 saturated carbocycles. The van der Waals surface area contributed by atoms with Gasteiger partial charge in [-0.1, -0.05) is 68.6 Å². The number of hydrogen-bond donors (Lipinski definition) is 1. The van der Waals surface area contributed by atoms with Gasteiger partial charge in [-0.25, -0.2) is 0 Å². The maximum absolute atomic E-state index is 13.2. The third-order valence-electron chi connectivity index (χ3n) is 9.95. The Labute approximate surface area is 256 Å². The summed E-state index contributed by atoms with van der Waals surface area (Å²) < 4.78 is 0. The third kappa shape index (κ3) is 6.35. The molecule has 1 unspecified atom stereocenters. The molecule has 3 heterocycles. The summed E-state index contributed by atoms with van der Waals surface area (Å²) in [6, 6.07) is 6.00. The van der Waals surface area contributed by atoms with E-state index in [1.165, 1.54) is 11.3 Å². The fourth-order valence-corrected chi connectivity index (χ4v) is 7.72. The third-order valence-corrected chi connectivity index (χ3v) is 10.7. The molecule has 0 bridgehead atoms. The average Bonchev–Trinajstić information content (AvgIpc) is 3.52. The van der Waals surface area contributed by atoms with Crippen molar-refractivity contribution in [2.24, 2.45) is 5.41 Å². The van der Waals surface area contributed by atoms with Gasteiger partial charge in [0.25, 0.3) is 0 Å². The number of benzene rings is 1. The Balaban J connectivity index is 1.22. The minimum Gasteiger partial charge on any atom is -0.343 e. The van der Waals surface area contributed by atoms with Gasteiger partial charge in [-0.15, -0.1) is 0 Å². The van der Waals surface area contributed by atoms with Crippen molar-refractivity contribution >= 4 is 35.0 Å². The minimum atomic E-state index is -0.435. The summed E-state index contributed by atoms with van der Waals surface area (Å²) in [6.07, 6.45) is 14.8. The van der Waals surface area contributed by atoms with Crippen LogP contribution in [0.25, 0.3) is 0 Å². The van der Waals surface area contributed by atoms with Gasteiger partial charge >= 0.3 is 0 Å². The lowest BCUT2D eigenvalue weighted by molar-refractivity contribution is -0.130. The van der Waals surface area contributed by atoms with E-state index in [-0.39, 0.29) is 22.6 Å². The molecule has 1 spiro atoms. The van der Waals surface area contributed by atoms with Gasteiger partial charge in [0, 0.05) is 43.7 Å². The molecule has 3 fully saturated rings. The molecule has 5 rings (SSSR count). The molecule has 2 amide bonds. The standard InChI is InChI=1S/C33H46Cl2N4O2/c1-4-5-9-29(40)38-20-14-32(23-38,25-10-11-27(34)28(35)21-25)13-7-17-37-18-15-33(16-19-37)30(41)36-24-39(33)26-8-6-12-31(2,3)22-26/h6,8,10-12,21H,4-5,7,9,13-20,22-24H2,1-3H3,(H,36,41). The fourth-order valence-electron chi connectivity index (χ4n) is 7.42. The molecule has 1 atom stereocenters. The topological polar surface area (TPSA) is 55.9 Å². The number of likely N-dealkylation sites (tertiary alicyclic amines) is 2. The number of nitrogens with one attached hydrogen (secondary N) is 1. The van der Waals surface area contributed by atoms with Gasteiger partial charge in [0.2, 0.25) is 11.8 Å². The van der Waals surface area contributed by atoms with Crippen LogP contribution in [0.4, 0.5) is 0 Å². The number of hydrogen-bond acceptors (Lipinski definition) is 4. The molecular weight excluding hydrogens is 555 g/mol. The van der Waals surface area contributed by atoms with E-state index in [1.807, 2.05) is 12.1 Å². The summed E-state index contributed by atoms with van der Waals surface area (Å²) in [5.74, 6) is 0.448. The highest BCUT2D eigenvalue weighted by molar-refractivity contribution is 6.42. The van der Waals surface area contributed by atoms with Crippen LogP contribution in [0.2, 0.25) is 10.0 Å². The van der Waals surface area contributed by atoms with E-state index in [0.717, 1.165) is 84.1 Å². The molecule has 6 nitrogen and oxygen atoms in total. The molecule has 3 aliphatic heterocycles. The average molecular weight is 602 g/mol. The minimum absolute atomic E-state index is 0.108. The molecule has 1 aromatic rings. The van der Waals surface area contributed by atoms with Crippen molar-refractivity contribution in [1.82, 2.24) is 20.0 Å². The molecule has 41 heavy (non-hydrogen) atoms. The number of piperidine rings is 1. The van der Waals surface area contributed by atoms with Gasteiger partial charge in [0.1, 0.15) is 5.54 Å². The molecule has 224 valence electrons. The van der Waals surface area contributed by atoms with Crippen molar-refractivity contribution in [1.29, 1.82) is 0 Å². The van der Waals surface area contributed by atoms with Crippen LogP contribution in [0.3, 0.4) is 0 Å². The summed E-state index contributed by atoms with van der Waals surface area (Å²) in [7, 11) is 0. The Morgan fingerprint density at radius 3 is 2.54 bits per heavy atom. The Morgan fingerprint density at radius 1 is 1.05 bits per heavy atom. The fraction of sp³-hybridized carbons (Fsp3) is 0.636. The lowest BCUT2D eigenvalue weighted by atomic mass is 9.75. The normalized spacial score (nSPS) is 25.6. The first-order chi connectivity index (χ1) is 19.6. The molecule has 4 aliphatic rings. The van der Waals surface area contributed by atoms with E-state index in [4.69, 9.17) is 23.2 Å². The second-order valence-electron chi connectivity index (χ2n) is 13.3. The highest BCUT2D eigenvalue weighted by Gasteiger charge is 2.51. The summed E-state index contributed by atoms with van der Waals surface area (Å²) >= 11 is 12.7. The van der Waals surface area contributed by atoms with Gasteiger partial charge in [-0.2, -0.15) is 0 Å². The van der Waals surface area contributed by atoms with E-state index in [0.29, 0.717) is 23.1 Å². The Kier molecular flexibility index (Phi) is 9.13. The molecule has 1 N–H and O–H groups in total. The summed E-state index contributed by atoms with van der Waals surface area (Å²) in [6.45, 7) is 11.6. The highest BCUT2D eigenvalue weighted by Crippen LogP contribution is 2.43. The zero-order valence-corrected chi connectivity index (χ0v) is 26.5. The van der Waals surface area contributed by atoms with E-state index >= 15 is 0 Å². The zero-order valence-electron chi connectivity index (χ0n) is 25.0. The van der Waals surface area contributed by atoms with Gasteiger partial charge < -0.3 is 20.0 Å². The quantitative estimate of drug-likeness (QED) is 0.350. The summed E-state index contributed by atoms with van der Waals surface area (Å²) in [4.78, 5) is 33.1. The van der Waals surface area contributed by atoms with Crippen LogP contribution in [0.1, 0.15) is 84.1 Å². The summed E-state index contributed by atoms with van der Waals surface area (Å²) in [5, 5.41) is 4.30. The lowest BCUT2D eigenvalue weighted by Crippen LogP contribution is -2.56. The van der Waals surface area contributed by atoms with Gasteiger partial charge in [-0.3, -0.25) is 9.59 Å². The molecule has 3 saturated heterocycles. The Bertz CT molecular complexity index is 1200. The van der Waals surface area contributed by atoms with Crippen LogP contribution in [-0.2, 0) is 15.0 Å². The Hall–Kier alpha value is -2.02. The zero-order chi connectivity index (χ0) is 29.3. The second-order valence-corrected chi connectivity index (χ2v) is 14.1. The highest BCUT2D eigenvalue weighted by atomic mass is 35.5. The van der Waals surface area contributed by atoms with Crippen molar-refractivity contribution in [2.45, 2.75) is 89.5 Å². The number of nitrogens with zero attached hydrogens (tertiary/aromatic N) is 3. The maximum Gasteiger partial charge on any atom is 0.247 e. The van der Waals surface area contributed by atoms with Crippen LogP contribution in [0.5, 0.6) is 0 Å². The number of allylic oxidation sites excluding steroid dienone is 4. The largest absolute Gasteiger partial charge is 0.343 e. The number of carbonyl (C=O) groups is 2. The molecule has 8 heteroatoms. The van der Waals surface area contributed by atoms with E-state index in [1.54, 1.807) is 0 Å². The van der Waals surface area contributed by atoms with Crippen LogP contribution in [0.15, 0.2) is 42.1 Å². The maximum atomic E-state index is 13.2. The molecule has 0 aromatic heterocycles. The number of carbonyl (C=O) groups excluding carboxylic acids is 2. The van der Waals surface area contributed by atoms with Crippen molar-refractivity contribution in [3.05, 3.63) is 57.7 Å². The summed E-state index contributed by atoms with van der Waals surface area (Å²) in [5.41, 5.74) is 2.02. The van der Waals surface area contributed by atoms with Crippen LogP contribution in [0, 0.1) is 5.41 Å². The van der Waals surface area contributed by atoms with Gasteiger partial charge in [0.05, 0.1) is 16.7 Å². The molecule has 0 radical (unpaired) electrons. The first-order valence-corrected chi connectivity index (χ1v) is 16.2. The van der Waals surface area contributed by atoms with Crippen molar-refractivity contribution in [2.75, 3.05) is 39.4 Å². The van der Waals surface area contributed by atoms with E-state index in [2.05, 4.69) is 65.1 Å². The number of halogens is 2. The Morgan fingerprint density at radius 2 is 1.83 bits per heavy atom. The van der Waals surface area contributed by atoms with E-state index in [9.17, 15) is 9.59 Å². The molecular formula is C33H46Cl2N4O2. The first-order valence-electron chi connectivity index (χ1n) is 15.5.